The van der Waals surface area contributed by atoms with E-state index in [-0.39, 0.29) is 41.2 Å². The largest absolute Gasteiger partial charge is 0.497 e. The molecule has 0 bridgehead atoms. The van der Waals surface area contributed by atoms with Crippen LogP contribution in [0.1, 0.15) is 92.2 Å². The summed E-state index contributed by atoms with van der Waals surface area (Å²) in [7, 11) is -4.14. The first-order valence-electron chi connectivity index (χ1n) is 24.2. The molecule has 2 saturated heterocycles. The summed E-state index contributed by atoms with van der Waals surface area (Å²) < 4.78 is 105. The van der Waals surface area contributed by atoms with E-state index in [0.717, 1.165) is 53.3 Å². The van der Waals surface area contributed by atoms with Crippen molar-refractivity contribution in [3.8, 4) is 11.5 Å². The fourth-order valence-electron chi connectivity index (χ4n) is 8.57. The molecule has 0 spiro atoms. The van der Waals surface area contributed by atoms with Crippen LogP contribution in [0.3, 0.4) is 0 Å². The van der Waals surface area contributed by atoms with Crippen molar-refractivity contribution in [2.45, 2.75) is 91.4 Å². The Labute approximate surface area is 439 Å². The molecule has 2 aromatic heterocycles. The summed E-state index contributed by atoms with van der Waals surface area (Å²) in [6.07, 6.45) is -0.950. The summed E-state index contributed by atoms with van der Waals surface area (Å²) >= 11 is 2.33. The Kier molecular flexibility index (Phi) is 19.5. The second-order valence-corrected chi connectivity index (χ2v) is 24.4. The Morgan fingerprint density at radius 1 is 0.622 bits per heavy atom. The van der Waals surface area contributed by atoms with Crippen molar-refractivity contribution in [3.05, 3.63) is 165 Å². The summed E-state index contributed by atoms with van der Waals surface area (Å²) in [6, 6.07) is 35.9. The number of thiophene rings is 2. The van der Waals surface area contributed by atoms with Gasteiger partial charge in [-0.15, -0.1) is 22.7 Å². The fourth-order valence-corrected chi connectivity index (χ4v) is 14.4. The third kappa shape index (κ3) is 15.0. The number of halogens is 3. The SMILES string of the molecule is CCC(NC1CCN(S(=O)(=O)c2ccc(CNC(=O)c3cccc(OC)c3)s2)CC1)c1ccc(C(F)(F)F)cc1.COc1cccc(C(=O)NCc2ccc(S(=O)(=O)N3CCC(NCc4ccccc4)CC3)s2)c1. The molecule has 0 aliphatic carbocycles. The zero-order valence-corrected chi connectivity index (χ0v) is 44.5. The van der Waals surface area contributed by atoms with Gasteiger partial charge in [-0.2, -0.15) is 21.8 Å². The third-order valence-corrected chi connectivity index (χ3v) is 19.7. The molecule has 14 nitrogen and oxygen atoms in total. The highest BCUT2D eigenvalue weighted by Gasteiger charge is 2.34. The standard InChI is InChI=1S/C28H32F3N3O4S2.C25H29N3O4S2/c1-3-25(19-7-9-21(10-8-19)28(29,30)31)33-22-13-15-34(16-14-22)40(36,37)26-12-11-24(39-26)18-32-27(35)20-5-4-6-23(17-20)38-2;1-32-22-9-5-8-20(16-22)25(29)27-18-23-10-11-24(33-23)34(30,31)28-14-12-21(13-15-28)26-17-19-6-3-2-4-7-19/h4-12,17,22,25,33H,3,13-16,18H2,1-2H3,(H,32,35);2-11,16,21,26H,12-15,17-18H2,1H3,(H,27,29). The van der Waals surface area contributed by atoms with Gasteiger partial charge in [-0.3, -0.25) is 9.59 Å². The summed E-state index contributed by atoms with van der Waals surface area (Å²) in [5.74, 6) is 0.659. The molecule has 2 amide bonds. The number of nitrogens with zero attached hydrogens (tertiary/aromatic N) is 2. The van der Waals surface area contributed by atoms with Crippen molar-refractivity contribution < 1.29 is 49.1 Å². The molecule has 2 aliphatic rings. The molecule has 2 aliphatic heterocycles. The number of methoxy groups -OCH3 is 2. The molecule has 4 heterocycles. The predicted molar refractivity (Wildman–Crippen MR) is 281 cm³/mol. The van der Waals surface area contributed by atoms with E-state index in [1.165, 1.54) is 40.4 Å². The average Bonchev–Trinajstić information content (AvgIpc) is 4.13. The quantitative estimate of drug-likeness (QED) is 0.0612. The Balaban J connectivity index is 0.000000219. The highest BCUT2D eigenvalue weighted by atomic mass is 32.3. The number of hydrogen-bond donors (Lipinski definition) is 4. The summed E-state index contributed by atoms with van der Waals surface area (Å²) in [5.41, 5.74) is 2.26. The Hall–Kier alpha value is -5.65. The molecular formula is C53H61F3N6O8S4. The van der Waals surface area contributed by atoms with Gasteiger partial charge >= 0.3 is 6.18 Å². The van der Waals surface area contributed by atoms with Crippen LogP contribution in [0.25, 0.3) is 0 Å². The number of alkyl halides is 3. The van der Waals surface area contributed by atoms with Crippen LogP contribution < -0.4 is 30.7 Å². The topological polar surface area (TPSA) is 175 Å². The molecule has 4 N–H and O–H groups in total. The zero-order chi connectivity index (χ0) is 52.9. The van der Waals surface area contributed by atoms with Crippen LogP contribution in [0.5, 0.6) is 11.5 Å². The van der Waals surface area contributed by atoms with E-state index >= 15 is 0 Å². The number of nitrogens with one attached hydrogen (secondary N) is 4. The van der Waals surface area contributed by atoms with Crippen molar-refractivity contribution >= 4 is 54.5 Å². The van der Waals surface area contributed by atoms with E-state index < -0.39 is 31.8 Å². The molecule has 8 rings (SSSR count). The van der Waals surface area contributed by atoms with E-state index in [1.54, 1.807) is 84.2 Å². The van der Waals surface area contributed by atoms with E-state index in [4.69, 9.17) is 9.47 Å². The summed E-state index contributed by atoms with van der Waals surface area (Å²) in [6.45, 7) is 4.87. The number of piperidine rings is 2. The van der Waals surface area contributed by atoms with Gasteiger partial charge in [-0.25, -0.2) is 16.8 Å². The fraction of sp³-hybridized carbons (Fsp3) is 0.358. The lowest BCUT2D eigenvalue weighted by Gasteiger charge is -2.33. The first kappa shape index (κ1) is 56.1. The summed E-state index contributed by atoms with van der Waals surface area (Å²) in [5, 5.41) is 12.7. The number of ether oxygens (including phenoxy) is 2. The van der Waals surface area contributed by atoms with Crippen LogP contribution in [0.2, 0.25) is 0 Å². The second-order valence-electron chi connectivity index (χ2n) is 17.7. The van der Waals surface area contributed by atoms with Gasteiger partial charge in [0.15, 0.2) is 0 Å². The van der Waals surface area contributed by atoms with Gasteiger partial charge in [0, 0.05) is 71.7 Å². The van der Waals surface area contributed by atoms with E-state index in [1.807, 2.05) is 25.1 Å². The van der Waals surface area contributed by atoms with Gasteiger partial charge in [0.05, 0.1) is 32.9 Å². The maximum atomic E-state index is 13.3. The van der Waals surface area contributed by atoms with E-state index in [0.29, 0.717) is 83.2 Å². The van der Waals surface area contributed by atoms with Crippen molar-refractivity contribution in [2.24, 2.45) is 0 Å². The smallest absolute Gasteiger partial charge is 0.416 e. The number of hydrogen-bond acceptors (Lipinski definition) is 12. The van der Waals surface area contributed by atoms with Gasteiger partial charge < -0.3 is 30.7 Å². The molecule has 4 aromatic carbocycles. The molecule has 0 radical (unpaired) electrons. The lowest BCUT2D eigenvalue weighted by atomic mass is 9.99. The number of benzene rings is 4. The highest BCUT2D eigenvalue weighted by Crippen LogP contribution is 2.32. The number of rotatable bonds is 19. The van der Waals surface area contributed by atoms with Crippen molar-refractivity contribution in [3.63, 3.8) is 0 Å². The van der Waals surface area contributed by atoms with Crippen LogP contribution in [0, 0.1) is 0 Å². The Morgan fingerprint density at radius 2 is 1.09 bits per heavy atom. The van der Waals surface area contributed by atoms with Gasteiger partial charge in [-0.1, -0.05) is 61.5 Å². The molecule has 1 atom stereocenters. The molecule has 0 saturated carbocycles. The lowest BCUT2D eigenvalue weighted by Crippen LogP contribution is -2.45. The van der Waals surface area contributed by atoms with Crippen molar-refractivity contribution in [1.82, 2.24) is 29.9 Å². The minimum absolute atomic E-state index is 0.0458. The van der Waals surface area contributed by atoms with Gasteiger partial charge in [0.25, 0.3) is 31.9 Å². The molecule has 74 heavy (non-hydrogen) atoms. The molecule has 396 valence electrons. The van der Waals surface area contributed by atoms with Gasteiger partial charge in [0.1, 0.15) is 19.9 Å². The van der Waals surface area contributed by atoms with Crippen LogP contribution in [0.15, 0.2) is 136 Å². The van der Waals surface area contributed by atoms with Gasteiger partial charge in [-0.05, 0) is 116 Å². The number of carbonyl (C=O) groups excluding carboxylic acids is 2. The van der Waals surface area contributed by atoms with Crippen molar-refractivity contribution in [2.75, 3.05) is 40.4 Å². The maximum absolute atomic E-state index is 13.3. The van der Waals surface area contributed by atoms with E-state index in [9.17, 15) is 39.6 Å². The maximum Gasteiger partial charge on any atom is 0.416 e. The third-order valence-electron chi connectivity index (χ3n) is 12.8. The lowest BCUT2D eigenvalue weighted by molar-refractivity contribution is -0.137. The highest BCUT2D eigenvalue weighted by molar-refractivity contribution is 7.91. The number of sulfonamides is 2. The Bertz CT molecular complexity index is 3010. The predicted octanol–water partition coefficient (Wildman–Crippen LogP) is 9.23. The monoisotopic (exact) mass is 1090 g/mol. The van der Waals surface area contributed by atoms with Crippen LogP contribution >= 0.6 is 22.7 Å². The molecule has 21 heteroatoms. The molecule has 1 unspecified atom stereocenters. The summed E-state index contributed by atoms with van der Waals surface area (Å²) in [4.78, 5) is 26.4. The minimum Gasteiger partial charge on any atom is -0.497 e. The van der Waals surface area contributed by atoms with Gasteiger partial charge in [0.2, 0.25) is 0 Å². The average molecular weight is 1100 g/mol. The second kappa shape index (κ2) is 25.7. The normalized spacial score (nSPS) is 15.6. The van der Waals surface area contributed by atoms with Crippen LogP contribution in [-0.2, 0) is 45.9 Å². The molecular weight excluding hydrogens is 1030 g/mol. The number of amides is 2. The first-order valence-corrected chi connectivity index (χ1v) is 28.7. The van der Waals surface area contributed by atoms with E-state index in [2.05, 4.69) is 33.4 Å². The molecule has 2 fully saturated rings. The first-order chi connectivity index (χ1) is 35.5. The Morgan fingerprint density at radius 3 is 1.54 bits per heavy atom. The van der Waals surface area contributed by atoms with Crippen LogP contribution in [0.4, 0.5) is 13.2 Å². The molecule has 6 aromatic rings. The number of carbonyl (C=O) groups is 2. The van der Waals surface area contributed by atoms with Crippen LogP contribution in [-0.4, -0.2) is 89.7 Å². The zero-order valence-electron chi connectivity index (χ0n) is 41.3. The minimum atomic E-state index is -4.37. The van der Waals surface area contributed by atoms with Crippen molar-refractivity contribution in [1.29, 1.82) is 0 Å².